The number of rotatable bonds is 11. The number of methoxy groups -OCH3 is 1. The Morgan fingerprint density at radius 2 is 1.91 bits per heavy atom. The van der Waals surface area contributed by atoms with Crippen molar-refractivity contribution in [3.8, 4) is 0 Å². The first-order valence-electron chi connectivity index (χ1n) is 7.99. The number of hydrogen-bond donors (Lipinski definition) is 2. The van der Waals surface area contributed by atoms with Crippen molar-refractivity contribution in [2.75, 3.05) is 46.6 Å². The minimum atomic E-state index is 0.674. The van der Waals surface area contributed by atoms with Gasteiger partial charge in [0.05, 0.1) is 13.2 Å². The van der Waals surface area contributed by atoms with E-state index in [4.69, 9.17) is 9.47 Å². The van der Waals surface area contributed by atoms with E-state index in [-0.39, 0.29) is 0 Å². The van der Waals surface area contributed by atoms with E-state index in [1.54, 1.807) is 7.11 Å². The van der Waals surface area contributed by atoms with E-state index < -0.39 is 0 Å². The van der Waals surface area contributed by atoms with Gasteiger partial charge < -0.3 is 20.1 Å². The minimum Gasteiger partial charge on any atom is -0.383 e. The Labute approximate surface area is 134 Å². The molecule has 0 amide bonds. The van der Waals surface area contributed by atoms with Gasteiger partial charge in [-0.25, -0.2) is 0 Å². The van der Waals surface area contributed by atoms with Gasteiger partial charge in [-0.15, -0.1) is 0 Å². The van der Waals surface area contributed by atoms with Crippen LogP contribution in [0.25, 0.3) is 0 Å². The number of nitrogens with zero attached hydrogens (tertiary/aromatic N) is 1. The fraction of sp³-hybridized carbons (Fsp3) is 0.588. The molecular weight excluding hydrogens is 278 g/mol. The molecule has 22 heavy (non-hydrogen) atoms. The summed E-state index contributed by atoms with van der Waals surface area (Å²) < 4.78 is 10.7. The molecule has 0 aromatic heterocycles. The van der Waals surface area contributed by atoms with Gasteiger partial charge in [0.15, 0.2) is 5.96 Å². The predicted octanol–water partition coefficient (Wildman–Crippen LogP) is 1.84. The molecule has 0 saturated carbocycles. The largest absolute Gasteiger partial charge is 0.383 e. The fourth-order valence-corrected chi connectivity index (χ4v) is 1.91. The average molecular weight is 307 g/mol. The molecule has 0 radical (unpaired) electrons. The van der Waals surface area contributed by atoms with Crippen LogP contribution in [0.1, 0.15) is 18.9 Å². The second-order valence-electron chi connectivity index (χ2n) is 4.88. The van der Waals surface area contributed by atoms with Crippen molar-refractivity contribution in [3.05, 3.63) is 35.9 Å². The van der Waals surface area contributed by atoms with Crippen molar-refractivity contribution in [2.24, 2.45) is 4.99 Å². The number of guanidine groups is 1. The van der Waals surface area contributed by atoms with Crippen LogP contribution >= 0.6 is 0 Å². The van der Waals surface area contributed by atoms with E-state index in [1.807, 2.05) is 6.07 Å². The van der Waals surface area contributed by atoms with Crippen LogP contribution in [0.15, 0.2) is 35.3 Å². The Morgan fingerprint density at radius 3 is 2.64 bits per heavy atom. The number of benzene rings is 1. The lowest BCUT2D eigenvalue weighted by Crippen LogP contribution is -2.39. The summed E-state index contributed by atoms with van der Waals surface area (Å²) in [5, 5.41) is 6.43. The first-order chi connectivity index (χ1) is 10.9. The van der Waals surface area contributed by atoms with Crippen LogP contribution < -0.4 is 10.6 Å². The fourth-order valence-electron chi connectivity index (χ4n) is 1.91. The standard InChI is InChI=1S/C17H29N3O2/c1-3-18-17(20-12-15-21-2)19-11-7-13-22-14-10-16-8-5-4-6-9-16/h4-6,8-9H,3,7,10-15H2,1-2H3,(H2,18,19,20). The lowest BCUT2D eigenvalue weighted by Gasteiger charge is -2.10. The van der Waals surface area contributed by atoms with Gasteiger partial charge >= 0.3 is 0 Å². The first kappa shape index (κ1) is 18.5. The van der Waals surface area contributed by atoms with Gasteiger partial charge in [0, 0.05) is 33.4 Å². The van der Waals surface area contributed by atoms with Gasteiger partial charge in [-0.1, -0.05) is 30.3 Å². The van der Waals surface area contributed by atoms with E-state index in [2.05, 4.69) is 46.8 Å². The van der Waals surface area contributed by atoms with Crippen molar-refractivity contribution in [3.63, 3.8) is 0 Å². The van der Waals surface area contributed by atoms with Gasteiger partial charge in [0.2, 0.25) is 0 Å². The highest BCUT2D eigenvalue weighted by atomic mass is 16.5. The van der Waals surface area contributed by atoms with Gasteiger partial charge in [0.1, 0.15) is 0 Å². The van der Waals surface area contributed by atoms with Gasteiger partial charge in [-0.05, 0) is 25.3 Å². The van der Waals surface area contributed by atoms with Crippen LogP contribution in [0.4, 0.5) is 0 Å². The third-order valence-electron chi connectivity index (χ3n) is 3.04. The summed E-state index contributed by atoms with van der Waals surface area (Å²) in [6, 6.07) is 10.4. The van der Waals surface area contributed by atoms with E-state index in [0.717, 1.165) is 51.6 Å². The van der Waals surface area contributed by atoms with Crippen LogP contribution in [-0.2, 0) is 15.9 Å². The molecular formula is C17H29N3O2. The molecule has 0 unspecified atom stereocenters. The maximum absolute atomic E-state index is 5.65. The summed E-state index contributed by atoms with van der Waals surface area (Å²) in [6.45, 7) is 6.61. The molecule has 0 heterocycles. The number of nitrogens with one attached hydrogen (secondary N) is 2. The third kappa shape index (κ3) is 9.37. The Morgan fingerprint density at radius 1 is 1.09 bits per heavy atom. The zero-order valence-corrected chi connectivity index (χ0v) is 13.8. The first-order valence-corrected chi connectivity index (χ1v) is 7.99. The Bertz CT molecular complexity index is 396. The van der Waals surface area contributed by atoms with Crippen molar-refractivity contribution in [1.29, 1.82) is 0 Å². The Hall–Kier alpha value is -1.59. The SMILES string of the molecule is CCNC(=NCCCOCCc1ccccc1)NCCOC. The summed E-state index contributed by atoms with van der Waals surface area (Å²) in [5.74, 6) is 0.837. The lowest BCUT2D eigenvalue weighted by atomic mass is 10.2. The predicted molar refractivity (Wildman–Crippen MR) is 91.4 cm³/mol. The highest BCUT2D eigenvalue weighted by molar-refractivity contribution is 5.79. The summed E-state index contributed by atoms with van der Waals surface area (Å²) in [6.07, 6.45) is 1.89. The summed E-state index contributed by atoms with van der Waals surface area (Å²) in [7, 11) is 1.69. The van der Waals surface area contributed by atoms with Crippen LogP contribution in [-0.4, -0.2) is 52.5 Å². The second kappa shape index (κ2) is 13.1. The van der Waals surface area contributed by atoms with E-state index in [1.165, 1.54) is 5.56 Å². The molecule has 0 fully saturated rings. The Balaban J connectivity index is 2.07. The van der Waals surface area contributed by atoms with Gasteiger partial charge in [-0.3, -0.25) is 4.99 Å². The molecule has 0 aliphatic heterocycles. The minimum absolute atomic E-state index is 0.674. The molecule has 1 aromatic carbocycles. The summed E-state index contributed by atoms with van der Waals surface area (Å²) in [5.41, 5.74) is 1.32. The zero-order valence-electron chi connectivity index (χ0n) is 13.8. The molecule has 0 aliphatic rings. The normalized spacial score (nSPS) is 11.5. The Kier molecular flexibility index (Phi) is 11.0. The van der Waals surface area contributed by atoms with Crippen LogP contribution in [0.3, 0.4) is 0 Å². The molecule has 0 atom stereocenters. The third-order valence-corrected chi connectivity index (χ3v) is 3.04. The molecule has 1 aromatic rings. The van der Waals surface area contributed by atoms with Crippen LogP contribution in [0, 0.1) is 0 Å². The zero-order chi connectivity index (χ0) is 15.9. The van der Waals surface area contributed by atoms with Crippen LogP contribution in [0.5, 0.6) is 0 Å². The maximum Gasteiger partial charge on any atom is 0.191 e. The number of ether oxygens (including phenoxy) is 2. The van der Waals surface area contributed by atoms with Crippen molar-refractivity contribution in [1.82, 2.24) is 10.6 Å². The quantitative estimate of drug-likeness (QED) is 0.372. The smallest absolute Gasteiger partial charge is 0.191 e. The molecule has 5 nitrogen and oxygen atoms in total. The highest BCUT2D eigenvalue weighted by Gasteiger charge is 1.96. The second-order valence-corrected chi connectivity index (χ2v) is 4.88. The topological polar surface area (TPSA) is 54.9 Å². The average Bonchev–Trinajstić information content (AvgIpc) is 2.55. The van der Waals surface area contributed by atoms with E-state index >= 15 is 0 Å². The molecule has 2 N–H and O–H groups in total. The van der Waals surface area contributed by atoms with Gasteiger partial charge in [0.25, 0.3) is 0 Å². The molecule has 124 valence electrons. The van der Waals surface area contributed by atoms with E-state index in [9.17, 15) is 0 Å². The van der Waals surface area contributed by atoms with E-state index in [0.29, 0.717) is 6.61 Å². The summed E-state index contributed by atoms with van der Waals surface area (Å²) >= 11 is 0. The molecule has 0 aliphatic carbocycles. The molecule has 0 saturated heterocycles. The van der Waals surface area contributed by atoms with Gasteiger partial charge in [-0.2, -0.15) is 0 Å². The van der Waals surface area contributed by atoms with Crippen molar-refractivity contribution >= 4 is 5.96 Å². The molecule has 0 spiro atoms. The molecule has 1 rings (SSSR count). The molecule has 5 heteroatoms. The number of aliphatic imine (C=N–C) groups is 1. The molecule has 0 bridgehead atoms. The number of hydrogen-bond acceptors (Lipinski definition) is 3. The van der Waals surface area contributed by atoms with Crippen molar-refractivity contribution in [2.45, 2.75) is 19.8 Å². The van der Waals surface area contributed by atoms with Crippen molar-refractivity contribution < 1.29 is 9.47 Å². The lowest BCUT2D eigenvalue weighted by molar-refractivity contribution is 0.136. The maximum atomic E-state index is 5.65. The monoisotopic (exact) mass is 307 g/mol. The van der Waals surface area contributed by atoms with Crippen LogP contribution in [0.2, 0.25) is 0 Å². The summed E-state index contributed by atoms with van der Waals surface area (Å²) in [4.78, 5) is 4.50. The highest BCUT2D eigenvalue weighted by Crippen LogP contribution is 1.99.